The summed E-state index contributed by atoms with van der Waals surface area (Å²) in [6.07, 6.45) is -4.49. The number of halogens is 6. The summed E-state index contributed by atoms with van der Waals surface area (Å²) >= 11 is 0. The van der Waals surface area contributed by atoms with Crippen molar-refractivity contribution in [2.24, 2.45) is 11.8 Å². The second-order valence-corrected chi connectivity index (χ2v) is 12.0. The van der Waals surface area contributed by atoms with Gasteiger partial charge in [-0.15, -0.1) is 0 Å². The molecule has 3 aromatic rings. The number of rotatable bonds is 8. The number of aliphatic carboxylic acids is 1. The molecule has 0 unspecified atom stereocenters. The minimum atomic E-state index is -4.80. The van der Waals surface area contributed by atoms with Crippen LogP contribution < -0.4 is 13.8 Å². The number of fused-ring (bicyclic) bond motifs is 1. The molecule has 5 rings (SSSR count). The first-order chi connectivity index (χ1) is 19.7. The lowest BCUT2D eigenvalue weighted by molar-refractivity contribution is -0.146. The van der Waals surface area contributed by atoms with E-state index in [4.69, 9.17) is 4.74 Å². The fourth-order valence-electron chi connectivity index (χ4n) is 5.20. The van der Waals surface area contributed by atoms with E-state index in [0.717, 1.165) is 40.7 Å². The van der Waals surface area contributed by atoms with Crippen molar-refractivity contribution in [3.8, 4) is 22.6 Å². The molecular weight excluding hydrogens is 592 g/mol. The normalized spacial score (nSPS) is 20.5. The highest BCUT2D eigenvalue weighted by Crippen LogP contribution is 2.44. The Morgan fingerprint density at radius 3 is 2.45 bits per heavy atom. The van der Waals surface area contributed by atoms with E-state index >= 15 is 0 Å². The maximum absolute atomic E-state index is 14.2. The highest BCUT2D eigenvalue weighted by Gasteiger charge is 2.41. The average Bonchev–Trinajstić information content (AvgIpc) is 2.88. The maximum Gasteiger partial charge on any atom is 0.416 e. The molecule has 1 N–H and O–H groups in total. The minimum absolute atomic E-state index is 0.0567. The van der Waals surface area contributed by atoms with Gasteiger partial charge in [-0.3, -0.25) is 9.10 Å². The van der Waals surface area contributed by atoms with Crippen molar-refractivity contribution in [3.63, 3.8) is 0 Å². The zero-order chi connectivity index (χ0) is 30.4. The molecule has 224 valence electrons. The van der Waals surface area contributed by atoms with Crippen LogP contribution >= 0.6 is 0 Å². The molecule has 1 saturated carbocycles. The summed E-state index contributed by atoms with van der Waals surface area (Å²) in [4.78, 5) is 10.6. The number of nitrogens with zero attached hydrogens (tertiary/aromatic N) is 1. The number of carbonyl (C=O) groups is 1. The summed E-state index contributed by atoms with van der Waals surface area (Å²) in [6.45, 7) is -3.52. The average molecular weight is 616 g/mol. The number of sulfonamides is 1. The molecule has 42 heavy (non-hydrogen) atoms. The van der Waals surface area contributed by atoms with Crippen LogP contribution in [0.2, 0.25) is 0 Å². The van der Waals surface area contributed by atoms with Crippen LogP contribution in [0.5, 0.6) is 11.5 Å². The zero-order valence-corrected chi connectivity index (χ0v) is 22.3. The molecular formula is C28H23F6NO6S. The van der Waals surface area contributed by atoms with Gasteiger partial charge in [0.25, 0.3) is 10.0 Å². The lowest BCUT2D eigenvalue weighted by atomic mass is 9.72. The third-order valence-electron chi connectivity index (χ3n) is 7.25. The van der Waals surface area contributed by atoms with Gasteiger partial charge in [-0.2, -0.15) is 22.0 Å². The van der Waals surface area contributed by atoms with Crippen LogP contribution in [0.4, 0.5) is 32.0 Å². The molecule has 0 aromatic heterocycles. The molecule has 1 fully saturated rings. The van der Waals surface area contributed by atoms with Gasteiger partial charge in [0.05, 0.1) is 28.6 Å². The van der Waals surface area contributed by atoms with E-state index < -0.39 is 62.8 Å². The number of ether oxygens (including phenoxy) is 2. The van der Waals surface area contributed by atoms with Crippen molar-refractivity contribution < 1.29 is 54.1 Å². The van der Waals surface area contributed by atoms with Gasteiger partial charge in [-0.25, -0.2) is 12.8 Å². The Morgan fingerprint density at radius 2 is 1.79 bits per heavy atom. The topological polar surface area (TPSA) is 93.1 Å². The molecule has 7 nitrogen and oxygen atoms in total. The van der Waals surface area contributed by atoms with Crippen LogP contribution in [0.25, 0.3) is 11.1 Å². The summed E-state index contributed by atoms with van der Waals surface area (Å²) < 4.78 is 119. The van der Waals surface area contributed by atoms with Gasteiger partial charge in [-0.05, 0) is 78.8 Å². The van der Waals surface area contributed by atoms with Crippen LogP contribution in [0, 0.1) is 17.7 Å². The molecule has 0 amide bonds. The minimum Gasteiger partial charge on any atom is -0.486 e. The van der Waals surface area contributed by atoms with Crippen molar-refractivity contribution >= 4 is 21.7 Å². The van der Waals surface area contributed by atoms with Gasteiger partial charge in [0.1, 0.15) is 23.4 Å². The Kier molecular flexibility index (Phi) is 7.77. The van der Waals surface area contributed by atoms with E-state index in [0.29, 0.717) is 25.3 Å². The fraction of sp³-hybridized carbons (Fsp3) is 0.321. The Balaban J connectivity index is 1.54. The van der Waals surface area contributed by atoms with Crippen LogP contribution in [-0.4, -0.2) is 38.8 Å². The smallest absolute Gasteiger partial charge is 0.416 e. The summed E-state index contributed by atoms with van der Waals surface area (Å²) in [5.74, 6) is -2.80. The number of carboxylic acid groups (broad SMARTS) is 1. The lowest BCUT2D eigenvalue weighted by Crippen LogP contribution is -2.45. The monoisotopic (exact) mass is 615 g/mol. The molecule has 0 saturated heterocycles. The summed E-state index contributed by atoms with van der Waals surface area (Å²) in [5.41, 5.74) is -0.954. The number of hydrogen-bond acceptors (Lipinski definition) is 5. The molecule has 14 heteroatoms. The highest BCUT2D eigenvalue weighted by molar-refractivity contribution is 7.92. The largest absolute Gasteiger partial charge is 0.486 e. The van der Waals surface area contributed by atoms with Crippen LogP contribution in [0.3, 0.4) is 0 Å². The Hall–Kier alpha value is -3.94. The number of carboxylic acids is 1. The van der Waals surface area contributed by atoms with Gasteiger partial charge in [-0.1, -0.05) is 12.1 Å². The number of alkyl halides is 5. The summed E-state index contributed by atoms with van der Waals surface area (Å²) in [6, 6.07) is 10.3. The third-order valence-corrected chi connectivity index (χ3v) is 9.03. The van der Waals surface area contributed by atoms with E-state index in [-0.39, 0.29) is 35.0 Å². The van der Waals surface area contributed by atoms with E-state index in [9.17, 15) is 44.7 Å². The standard InChI is InChI=1S/C28H23F6NO6S/c29-20-9-17(10-21(13-20)41-27(30)31)16-4-5-25-24(11-16)35(14-22(40-25)8-15-6-18(7-15)26(36)37)42(38,39)23-3-1-2-19(12-23)28(32,33)34/h1-5,9-13,15,18,22,27H,6-8,14H2,(H,36,37)/t15?,18?,22-/m0/s1. The maximum atomic E-state index is 14.2. The van der Waals surface area contributed by atoms with Crippen LogP contribution in [-0.2, 0) is 21.0 Å². The number of hydrogen-bond donors (Lipinski definition) is 1. The summed E-state index contributed by atoms with van der Waals surface area (Å²) in [7, 11) is -4.61. The first-order valence-corrected chi connectivity index (χ1v) is 14.1. The van der Waals surface area contributed by atoms with Gasteiger partial charge in [0.15, 0.2) is 0 Å². The molecule has 1 heterocycles. The SMILES string of the molecule is O=C(O)C1CC(C[C@H]2CN(S(=O)(=O)c3cccc(C(F)(F)F)c3)c3cc(-c4cc(F)cc(OC(F)F)c4)ccc3O2)C1. The molecule has 3 aromatic carbocycles. The predicted octanol–water partition coefficient (Wildman–Crippen LogP) is 6.57. The van der Waals surface area contributed by atoms with E-state index in [1.807, 2.05) is 0 Å². The Morgan fingerprint density at radius 1 is 1.05 bits per heavy atom. The van der Waals surface area contributed by atoms with Crippen molar-refractivity contribution in [2.45, 2.75) is 43.0 Å². The summed E-state index contributed by atoms with van der Waals surface area (Å²) in [5, 5.41) is 9.17. The molecule has 0 bridgehead atoms. The molecule has 1 aliphatic heterocycles. The van der Waals surface area contributed by atoms with E-state index in [1.165, 1.54) is 18.2 Å². The second-order valence-electron chi connectivity index (χ2n) is 10.1. The van der Waals surface area contributed by atoms with Crippen LogP contribution in [0.1, 0.15) is 24.8 Å². The van der Waals surface area contributed by atoms with Gasteiger partial charge in [0, 0.05) is 6.07 Å². The van der Waals surface area contributed by atoms with E-state index in [1.54, 1.807) is 0 Å². The predicted molar refractivity (Wildman–Crippen MR) is 137 cm³/mol. The fourth-order valence-corrected chi connectivity index (χ4v) is 6.75. The highest BCUT2D eigenvalue weighted by atomic mass is 32.2. The van der Waals surface area contributed by atoms with Crippen molar-refractivity contribution in [3.05, 3.63) is 72.0 Å². The van der Waals surface area contributed by atoms with E-state index in [2.05, 4.69) is 4.74 Å². The zero-order valence-electron chi connectivity index (χ0n) is 21.5. The van der Waals surface area contributed by atoms with Crippen molar-refractivity contribution in [1.82, 2.24) is 0 Å². The first kappa shape index (κ1) is 29.5. The molecule has 1 aliphatic carbocycles. The first-order valence-electron chi connectivity index (χ1n) is 12.7. The van der Waals surface area contributed by atoms with Gasteiger partial charge in [0.2, 0.25) is 0 Å². The second kappa shape index (κ2) is 11.0. The Bertz CT molecular complexity index is 1610. The number of anilines is 1. The number of benzene rings is 3. The van der Waals surface area contributed by atoms with Gasteiger partial charge >= 0.3 is 18.8 Å². The Labute approximate surface area is 236 Å². The lowest BCUT2D eigenvalue weighted by Gasteiger charge is -2.40. The molecule has 0 radical (unpaired) electrons. The van der Waals surface area contributed by atoms with Crippen molar-refractivity contribution in [2.75, 3.05) is 10.8 Å². The quantitative estimate of drug-likeness (QED) is 0.288. The van der Waals surface area contributed by atoms with Crippen molar-refractivity contribution in [1.29, 1.82) is 0 Å². The molecule has 0 spiro atoms. The third kappa shape index (κ3) is 6.13. The molecule has 2 aliphatic rings. The van der Waals surface area contributed by atoms with Crippen LogP contribution in [0.15, 0.2) is 65.6 Å². The molecule has 1 atom stereocenters. The van der Waals surface area contributed by atoms with Gasteiger partial charge < -0.3 is 14.6 Å².